The van der Waals surface area contributed by atoms with Gasteiger partial charge in [0.15, 0.2) is 0 Å². The summed E-state index contributed by atoms with van der Waals surface area (Å²) in [5, 5.41) is 2.80. The van der Waals surface area contributed by atoms with E-state index in [2.05, 4.69) is 5.32 Å². The molecule has 3 N–H and O–H groups in total. The molecule has 5 heteroatoms. The van der Waals surface area contributed by atoms with Crippen LogP contribution in [-0.4, -0.2) is 23.1 Å². The first kappa shape index (κ1) is 15.6. The molecule has 4 nitrogen and oxygen atoms in total. The number of anilines is 1. The van der Waals surface area contributed by atoms with Crippen molar-refractivity contribution in [3.05, 3.63) is 29.3 Å². The van der Waals surface area contributed by atoms with Crippen LogP contribution >= 0.6 is 12.2 Å². The van der Waals surface area contributed by atoms with E-state index in [1.54, 1.807) is 6.07 Å². The topological polar surface area (TPSA) is 64.3 Å². The molecule has 0 heterocycles. The number of carbonyl (C=O) groups is 1. The molecule has 19 heavy (non-hydrogen) atoms. The Bertz CT molecular complexity index is 493. The van der Waals surface area contributed by atoms with Crippen molar-refractivity contribution in [3.63, 3.8) is 0 Å². The van der Waals surface area contributed by atoms with Gasteiger partial charge >= 0.3 is 0 Å². The van der Waals surface area contributed by atoms with Gasteiger partial charge in [-0.3, -0.25) is 4.79 Å². The van der Waals surface area contributed by atoms with E-state index in [1.807, 2.05) is 39.8 Å². The third-order valence-corrected chi connectivity index (χ3v) is 2.67. The number of thiocarbonyl (C=S) groups is 1. The lowest BCUT2D eigenvalue weighted by atomic mass is 10.1. The summed E-state index contributed by atoms with van der Waals surface area (Å²) in [4.78, 5) is 12.1. The maximum absolute atomic E-state index is 11.8. The molecule has 104 valence electrons. The zero-order chi connectivity index (χ0) is 14.6. The number of hydrogen-bond donors (Lipinski definition) is 2. The molecule has 0 aliphatic rings. The highest BCUT2D eigenvalue weighted by molar-refractivity contribution is 7.80. The fourth-order valence-electron chi connectivity index (χ4n) is 1.38. The second-order valence-corrected chi connectivity index (χ2v) is 5.78. The van der Waals surface area contributed by atoms with E-state index in [4.69, 9.17) is 22.7 Å². The highest BCUT2D eigenvalue weighted by atomic mass is 32.1. The fraction of sp³-hybridized carbons (Fsp3) is 0.429. The van der Waals surface area contributed by atoms with E-state index in [1.165, 1.54) is 0 Å². The number of benzene rings is 1. The molecule has 0 saturated carbocycles. The molecule has 0 saturated heterocycles. The normalized spacial score (nSPS) is 11.2. The molecule has 1 rings (SSSR count). The summed E-state index contributed by atoms with van der Waals surface area (Å²) in [6.07, 6.45) is 0. The Labute approximate surface area is 119 Å². The van der Waals surface area contributed by atoms with Crippen LogP contribution in [0.4, 0.5) is 5.69 Å². The smallest absolute Gasteiger partial charge is 0.250 e. The first-order valence-corrected chi connectivity index (χ1v) is 6.44. The van der Waals surface area contributed by atoms with Crippen molar-refractivity contribution in [2.24, 2.45) is 5.73 Å². The van der Waals surface area contributed by atoms with Crippen LogP contribution in [0.25, 0.3) is 0 Å². The summed E-state index contributed by atoms with van der Waals surface area (Å²) in [6.45, 7) is 7.63. The Morgan fingerprint density at radius 2 is 2.05 bits per heavy atom. The number of nitrogens with two attached hydrogens (primary N) is 1. The number of aryl methyl sites for hydroxylation is 1. The summed E-state index contributed by atoms with van der Waals surface area (Å²) < 4.78 is 5.42. The first-order valence-electron chi connectivity index (χ1n) is 6.03. The number of carbonyl (C=O) groups excluding carboxylic acids is 1. The van der Waals surface area contributed by atoms with Crippen LogP contribution in [0.1, 0.15) is 31.9 Å². The van der Waals surface area contributed by atoms with E-state index in [-0.39, 0.29) is 18.1 Å². The Morgan fingerprint density at radius 3 is 2.58 bits per heavy atom. The number of amides is 1. The molecule has 0 bridgehead atoms. The van der Waals surface area contributed by atoms with Crippen LogP contribution in [0, 0.1) is 6.92 Å². The van der Waals surface area contributed by atoms with Gasteiger partial charge in [0.1, 0.15) is 11.6 Å². The summed E-state index contributed by atoms with van der Waals surface area (Å²) in [7, 11) is 0. The van der Waals surface area contributed by atoms with Gasteiger partial charge in [-0.1, -0.05) is 24.4 Å². The van der Waals surface area contributed by atoms with Gasteiger partial charge in [-0.2, -0.15) is 0 Å². The monoisotopic (exact) mass is 280 g/mol. The molecule has 0 unspecified atom stereocenters. The van der Waals surface area contributed by atoms with E-state index in [0.717, 1.165) is 11.1 Å². The number of ether oxygens (including phenoxy) is 1. The van der Waals surface area contributed by atoms with Crippen LogP contribution in [0.5, 0.6) is 0 Å². The number of hydrogen-bond acceptors (Lipinski definition) is 3. The summed E-state index contributed by atoms with van der Waals surface area (Å²) in [5.74, 6) is -0.196. The molecule has 0 aromatic heterocycles. The molecular weight excluding hydrogens is 260 g/mol. The second kappa shape index (κ2) is 6.12. The molecule has 1 aromatic carbocycles. The largest absolute Gasteiger partial charge is 0.389 e. The van der Waals surface area contributed by atoms with Crippen LogP contribution in [0.3, 0.4) is 0 Å². The van der Waals surface area contributed by atoms with E-state index >= 15 is 0 Å². The maximum Gasteiger partial charge on any atom is 0.250 e. The Morgan fingerprint density at radius 1 is 1.42 bits per heavy atom. The lowest BCUT2D eigenvalue weighted by Gasteiger charge is -2.19. The molecule has 1 aromatic rings. The van der Waals surface area contributed by atoms with Crippen LogP contribution in [-0.2, 0) is 9.53 Å². The number of nitrogens with one attached hydrogen (secondary N) is 1. The second-order valence-electron chi connectivity index (χ2n) is 5.34. The molecule has 1 amide bonds. The Balaban J connectivity index is 2.73. The Kier molecular flexibility index (Phi) is 5.03. The van der Waals surface area contributed by atoms with Crippen molar-refractivity contribution in [3.8, 4) is 0 Å². The van der Waals surface area contributed by atoms with Crippen molar-refractivity contribution in [1.82, 2.24) is 0 Å². The molecule has 0 atom stereocenters. The number of rotatable bonds is 4. The van der Waals surface area contributed by atoms with Crippen molar-refractivity contribution in [2.45, 2.75) is 33.3 Å². The van der Waals surface area contributed by atoms with Crippen LogP contribution in [0.2, 0.25) is 0 Å². The third-order valence-electron chi connectivity index (χ3n) is 2.43. The van der Waals surface area contributed by atoms with E-state index < -0.39 is 0 Å². The maximum atomic E-state index is 11.8. The van der Waals surface area contributed by atoms with Gasteiger partial charge in [0.05, 0.1) is 5.60 Å². The average molecular weight is 280 g/mol. The van der Waals surface area contributed by atoms with Crippen molar-refractivity contribution in [1.29, 1.82) is 0 Å². The fourth-order valence-corrected chi connectivity index (χ4v) is 1.51. The SMILES string of the molecule is Cc1ccc(C(N)=S)cc1NC(=O)COC(C)(C)C. The van der Waals surface area contributed by atoms with Gasteiger partial charge in [0.25, 0.3) is 0 Å². The van der Waals surface area contributed by atoms with Gasteiger partial charge in [0.2, 0.25) is 5.91 Å². The van der Waals surface area contributed by atoms with Gasteiger partial charge in [-0.15, -0.1) is 0 Å². The van der Waals surface area contributed by atoms with Crippen LogP contribution in [0.15, 0.2) is 18.2 Å². The summed E-state index contributed by atoms with van der Waals surface area (Å²) >= 11 is 4.92. The quantitative estimate of drug-likeness (QED) is 0.831. The Hall–Kier alpha value is -1.46. The lowest BCUT2D eigenvalue weighted by molar-refractivity contribution is -0.125. The molecule has 0 spiro atoms. The van der Waals surface area contributed by atoms with Gasteiger partial charge in [-0.05, 0) is 39.3 Å². The van der Waals surface area contributed by atoms with Gasteiger partial charge < -0.3 is 15.8 Å². The predicted molar refractivity (Wildman–Crippen MR) is 81.4 cm³/mol. The molecule has 0 fully saturated rings. The zero-order valence-corrected chi connectivity index (χ0v) is 12.6. The molecule has 0 aliphatic heterocycles. The zero-order valence-electron chi connectivity index (χ0n) is 11.7. The third kappa shape index (κ3) is 5.36. The predicted octanol–water partition coefficient (Wildman–Crippen LogP) is 2.38. The van der Waals surface area contributed by atoms with Crippen molar-refractivity contribution in [2.75, 3.05) is 11.9 Å². The minimum atomic E-state index is -0.340. The van der Waals surface area contributed by atoms with Gasteiger partial charge in [0, 0.05) is 11.3 Å². The highest BCUT2D eigenvalue weighted by Crippen LogP contribution is 2.17. The standard InChI is InChI=1S/C14H20N2O2S/c1-9-5-6-10(13(15)19)7-11(9)16-12(17)8-18-14(2,3)4/h5-7H,8H2,1-4H3,(H2,15,19)(H,16,17). The van der Waals surface area contributed by atoms with Crippen molar-refractivity contribution < 1.29 is 9.53 Å². The summed E-state index contributed by atoms with van der Waals surface area (Å²) in [5.41, 5.74) is 7.61. The molecular formula is C14H20N2O2S. The highest BCUT2D eigenvalue weighted by Gasteiger charge is 2.13. The minimum Gasteiger partial charge on any atom is -0.389 e. The van der Waals surface area contributed by atoms with Crippen molar-refractivity contribution >= 4 is 28.8 Å². The lowest BCUT2D eigenvalue weighted by Crippen LogP contribution is -2.27. The molecule has 0 aliphatic carbocycles. The average Bonchev–Trinajstić information content (AvgIpc) is 2.28. The molecule has 0 radical (unpaired) electrons. The van der Waals surface area contributed by atoms with Gasteiger partial charge in [-0.25, -0.2) is 0 Å². The van der Waals surface area contributed by atoms with E-state index in [9.17, 15) is 4.79 Å². The van der Waals surface area contributed by atoms with E-state index in [0.29, 0.717) is 10.7 Å². The minimum absolute atomic E-state index is 0.0141. The first-order chi connectivity index (χ1) is 8.69. The van der Waals surface area contributed by atoms with Crippen LogP contribution < -0.4 is 11.1 Å². The summed E-state index contributed by atoms with van der Waals surface area (Å²) in [6, 6.07) is 5.47.